The molecule has 286 valence electrons. The van der Waals surface area contributed by atoms with Crippen LogP contribution in [-0.4, -0.2) is 73.7 Å². The molecule has 3 aromatic rings. The van der Waals surface area contributed by atoms with Gasteiger partial charge in [0.2, 0.25) is 0 Å². The second-order valence-electron chi connectivity index (χ2n) is 11.9. The zero-order chi connectivity index (χ0) is 40.1. The van der Waals surface area contributed by atoms with Crippen molar-refractivity contribution < 1.29 is 58.5 Å². The fourth-order valence-corrected chi connectivity index (χ4v) is 5.65. The number of methoxy groups -OCH3 is 4. The van der Waals surface area contributed by atoms with Crippen LogP contribution in [0.15, 0.2) is 90.5 Å². The Kier molecular flexibility index (Phi) is 20.4. The first-order valence-electron chi connectivity index (χ1n) is 16.7. The zero-order valence-corrected chi connectivity index (χ0v) is 31.5. The molecule has 0 saturated carbocycles. The van der Waals surface area contributed by atoms with Crippen LogP contribution in [0.5, 0.6) is 0 Å². The molecule has 0 fully saturated rings. The number of ether oxygens (including phenoxy) is 4. The van der Waals surface area contributed by atoms with Gasteiger partial charge in [0.1, 0.15) is 5.76 Å². The number of benzene rings is 3. The minimum Gasteiger partial charge on any atom is -0.507 e. The van der Waals surface area contributed by atoms with Gasteiger partial charge < -0.3 is 24.1 Å². The van der Waals surface area contributed by atoms with Gasteiger partial charge in [-0.1, -0.05) is 86.7 Å². The van der Waals surface area contributed by atoms with E-state index in [2.05, 4.69) is 27.2 Å². The predicted molar refractivity (Wildman–Crippen MR) is 199 cm³/mol. The Bertz CT molecular complexity index is 1740. The summed E-state index contributed by atoms with van der Waals surface area (Å²) in [6, 6.07) is 22.1. The lowest BCUT2D eigenvalue weighted by Gasteiger charge is -2.30. The van der Waals surface area contributed by atoms with E-state index < -0.39 is 5.97 Å². The van der Waals surface area contributed by atoms with E-state index in [1.165, 1.54) is 40.1 Å². The van der Waals surface area contributed by atoms with Gasteiger partial charge in [0.15, 0.2) is 5.78 Å². The summed E-state index contributed by atoms with van der Waals surface area (Å²) in [6.45, 7) is 7.68. The maximum atomic E-state index is 11.9. The first kappa shape index (κ1) is 45.4. The number of hydrogen-bond acceptors (Lipinski definition) is 12. The van der Waals surface area contributed by atoms with E-state index in [4.69, 9.17) is 15.3 Å². The van der Waals surface area contributed by atoms with Crippen LogP contribution in [0.25, 0.3) is 5.76 Å². The summed E-state index contributed by atoms with van der Waals surface area (Å²) < 4.78 is 18.3. The zero-order valence-electron chi connectivity index (χ0n) is 31.5. The van der Waals surface area contributed by atoms with Gasteiger partial charge in [-0.05, 0) is 60.4 Å². The second kappa shape index (κ2) is 23.8. The van der Waals surface area contributed by atoms with E-state index >= 15 is 0 Å². The maximum Gasteiger partial charge on any atom is 0.338 e. The van der Waals surface area contributed by atoms with Crippen LogP contribution < -0.4 is 0 Å². The van der Waals surface area contributed by atoms with Gasteiger partial charge in [0, 0.05) is 23.6 Å². The van der Waals surface area contributed by atoms with Crippen molar-refractivity contribution >= 4 is 35.4 Å². The first-order chi connectivity index (χ1) is 25.3. The summed E-state index contributed by atoms with van der Waals surface area (Å²) >= 11 is 0. The molecule has 0 bridgehead atoms. The van der Waals surface area contributed by atoms with Crippen molar-refractivity contribution in [3.8, 4) is 0 Å². The van der Waals surface area contributed by atoms with Crippen LogP contribution in [-0.2, 0) is 46.2 Å². The third-order valence-corrected chi connectivity index (χ3v) is 8.47. The Labute approximate surface area is 310 Å². The summed E-state index contributed by atoms with van der Waals surface area (Å²) in [5.41, 5.74) is 5.58. The number of Topliss-reactive ketones (excluding diaryl/α,β-unsaturated/α-hetero) is 1. The Balaban J connectivity index is 0.000000361. The maximum absolute atomic E-state index is 11.9. The van der Waals surface area contributed by atoms with Gasteiger partial charge in [0.05, 0.1) is 46.3 Å². The topological polar surface area (TPSA) is 183 Å². The van der Waals surface area contributed by atoms with Gasteiger partial charge in [-0.2, -0.15) is 0 Å². The van der Waals surface area contributed by atoms with Gasteiger partial charge in [0.25, 0.3) is 0 Å². The molecular weight excluding hydrogens is 684 g/mol. The summed E-state index contributed by atoms with van der Waals surface area (Å²) in [5.74, 6) is -0.644. The quantitative estimate of drug-likeness (QED) is 0.0784. The van der Waals surface area contributed by atoms with Crippen LogP contribution in [0.2, 0.25) is 0 Å². The number of fused-ring (bicyclic) bond motifs is 2. The van der Waals surface area contributed by atoms with Crippen LogP contribution in [0.4, 0.5) is 0 Å². The highest BCUT2D eigenvalue weighted by atomic mass is 17.0. The summed E-state index contributed by atoms with van der Waals surface area (Å²) in [6.07, 6.45) is 4.84. The molecule has 12 nitrogen and oxygen atoms in total. The van der Waals surface area contributed by atoms with E-state index in [0.717, 1.165) is 35.1 Å². The van der Waals surface area contributed by atoms with Crippen molar-refractivity contribution in [2.24, 2.45) is 11.8 Å². The summed E-state index contributed by atoms with van der Waals surface area (Å²) in [7, 11) is 5.36. The average molecular weight is 735 g/mol. The Hall–Kier alpha value is -5.59. The molecule has 3 unspecified atom stereocenters. The molecule has 3 atom stereocenters. The number of allylic oxidation sites excluding steroid dienone is 2. The van der Waals surface area contributed by atoms with Crippen molar-refractivity contribution in [3.05, 3.63) is 124 Å². The second-order valence-corrected chi connectivity index (χ2v) is 11.9. The highest BCUT2D eigenvalue weighted by Gasteiger charge is 2.36. The Morgan fingerprint density at radius 3 is 1.92 bits per heavy atom. The number of carbonyl (C=O) groups excluding carboxylic acids is 5. The molecule has 0 radical (unpaired) electrons. The largest absolute Gasteiger partial charge is 0.507 e. The van der Waals surface area contributed by atoms with Gasteiger partial charge in [-0.25, -0.2) is 9.59 Å². The van der Waals surface area contributed by atoms with Crippen molar-refractivity contribution in [3.63, 3.8) is 0 Å². The van der Waals surface area contributed by atoms with E-state index in [1.54, 1.807) is 37.3 Å². The lowest BCUT2D eigenvalue weighted by Crippen LogP contribution is -2.26. The molecule has 53 heavy (non-hydrogen) atoms. The molecule has 2 aliphatic rings. The van der Waals surface area contributed by atoms with Crippen LogP contribution in [0.1, 0.15) is 83.0 Å². The average Bonchev–Trinajstić information content (AvgIpc) is 3.18. The normalized spacial score (nSPS) is 16.5. The molecule has 3 aromatic carbocycles. The minimum absolute atomic E-state index is 0.0441. The molecular formula is C41H50O12. The highest BCUT2D eigenvalue weighted by Crippen LogP contribution is 2.41. The lowest BCUT2D eigenvalue weighted by atomic mass is 9.75. The van der Waals surface area contributed by atoms with E-state index in [9.17, 15) is 29.1 Å². The molecule has 0 spiro atoms. The summed E-state index contributed by atoms with van der Waals surface area (Å²) in [4.78, 5) is 55.9. The Morgan fingerprint density at radius 1 is 0.774 bits per heavy atom. The minimum atomic E-state index is -0.450. The van der Waals surface area contributed by atoms with Crippen LogP contribution >= 0.6 is 0 Å². The molecule has 0 saturated heterocycles. The van der Waals surface area contributed by atoms with Crippen molar-refractivity contribution in [2.45, 2.75) is 52.9 Å². The van der Waals surface area contributed by atoms with Crippen molar-refractivity contribution in [2.75, 3.05) is 28.4 Å². The van der Waals surface area contributed by atoms with E-state index in [0.29, 0.717) is 22.8 Å². The molecule has 0 aromatic heterocycles. The smallest absolute Gasteiger partial charge is 0.338 e. The number of carbonyl (C=O) groups is 5. The molecule has 2 aliphatic carbocycles. The highest BCUT2D eigenvalue weighted by molar-refractivity contribution is 5.98. The number of ketones is 1. The fraction of sp³-hybridized carbons (Fsp3) is 0.341. The monoisotopic (exact) mass is 734 g/mol. The van der Waals surface area contributed by atoms with Gasteiger partial charge in [-0.3, -0.25) is 24.9 Å². The standard InChI is InChI=1S/C14H16O3.C11H12O4.C11H12O.C5H8O2.H2O2/c1-8-9(2)13(15)11-7-5-4-6-10(11)12(8)14(16)17-3;1-14-10(12)7-8-5-3-4-6-9(8)11(13)15-2;1-8-6-9-4-2-3-5-10(9)11(12)7-8;1-3-4-5(6)7-2;1-2/h4-8,12,15H,1-3H3;3-6H,7H2,1-2H3;2-5,8H,6-7H2,1H3;3-4H,1-2H3;1-2H/b;;;4-3+;. The van der Waals surface area contributed by atoms with E-state index in [1.807, 2.05) is 56.3 Å². The third-order valence-electron chi connectivity index (χ3n) is 8.47. The number of aliphatic hydroxyl groups excluding tert-OH is 1. The number of rotatable bonds is 5. The SMILES string of the molecule is C/C=C/C(=O)OC.CC1CC(=O)c2ccccc2C1.COC(=O)C1c2ccccc2C(O)=C(C)C1C.COC(=O)Cc1ccccc1C(=O)OC.OO. The molecule has 0 amide bonds. The molecule has 0 aliphatic heterocycles. The Morgan fingerprint density at radius 2 is 1.36 bits per heavy atom. The van der Waals surface area contributed by atoms with Crippen molar-refractivity contribution in [1.82, 2.24) is 0 Å². The van der Waals surface area contributed by atoms with Crippen molar-refractivity contribution in [1.29, 1.82) is 0 Å². The fourth-order valence-electron chi connectivity index (χ4n) is 5.65. The third kappa shape index (κ3) is 13.5. The number of aliphatic hydroxyl groups is 1. The number of esters is 4. The van der Waals surface area contributed by atoms with E-state index in [-0.39, 0.29) is 41.9 Å². The number of hydrogen-bond donors (Lipinski definition) is 3. The molecule has 0 heterocycles. The molecule has 3 N–H and O–H groups in total. The first-order valence-corrected chi connectivity index (χ1v) is 16.7. The van der Waals surface area contributed by atoms with Crippen LogP contribution in [0, 0.1) is 11.8 Å². The molecule has 12 heteroatoms. The predicted octanol–water partition coefficient (Wildman–Crippen LogP) is 7.28. The summed E-state index contributed by atoms with van der Waals surface area (Å²) in [5, 5.41) is 22.1. The van der Waals surface area contributed by atoms with Crippen LogP contribution in [0.3, 0.4) is 0 Å². The molecule has 5 rings (SSSR count). The van der Waals surface area contributed by atoms with Gasteiger partial charge >= 0.3 is 23.9 Å². The van der Waals surface area contributed by atoms with Gasteiger partial charge in [-0.15, -0.1) is 0 Å². The lowest BCUT2D eigenvalue weighted by molar-refractivity contribution is -0.176.